The third-order valence-corrected chi connectivity index (χ3v) is 6.00. The minimum atomic E-state index is -0.389. The van der Waals surface area contributed by atoms with Crippen LogP contribution in [0.1, 0.15) is 130 Å². The Morgan fingerprint density at radius 1 is 0.730 bits per heavy atom. The second kappa shape index (κ2) is 15.9. The third kappa shape index (κ3) is 16.3. The Kier molecular flexibility index (Phi) is 14.1. The molecule has 210 valence electrons. The summed E-state index contributed by atoms with van der Waals surface area (Å²) >= 11 is 0. The Balaban J connectivity index is 2.78. The molecule has 0 bridgehead atoms. The van der Waals surface area contributed by atoms with Gasteiger partial charge in [0, 0.05) is 24.4 Å². The molecule has 0 spiro atoms. The van der Waals surface area contributed by atoms with Gasteiger partial charge in [0.05, 0.1) is 6.54 Å². The number of hydrogen-bond acceptors (Lipinski definition) is 6. The number of Topliss-reactive ketones (excluding diaryl/α,β-unsaturated/α-hetero) is 1. The van der Waals surface area contributed by atoms with E-state index in [1.807, 2.05) is 13.8 Å². The number of esters is 2. The SMILES string of the molecule is CC(C)NCC(=O)c1ccc(OC(=O)CCCCCC(C)(C)C)c(OC(=O)CCCCCC(C)(C)C)c1. The predicted octanol–water partition coefficient (Wildman–Crippen LogP) is 7.67. The highest BCUT2D eigenvalue weighted by molar-refractivity contribution is 5.98. The number of nitrogens with one attached hydrogen (secondary N) is 1. The zero-order valence-corrected chi connectivity index (χ0v) is 24.6. The quantitative estimate of drug-likeness (QED) is 0.105. The molecular formula is C31H51NO5. The first-order valence-electron chi connectivity index (χ1n) is 14.0. The number of carbonyl (C=O) groups is 3. The van der Waals surface area contributed by atoms with Crippen molar-refractivity contribution in [3.05, 3.63) is 23.8 Å². The van der Waals surface area contributed by atoms with Crippen LogP contribution in [0.2, 0.25) is 0 Å². The summed E-state index contributed by atoms with van der Waals surface area (Å²) in [6, 6.07) is 4.84. The number of carbonyl (C=O) groups excluding carboxylic acids is 3. The van der Waals surface area contributed by atoms with E-state index in [0.29, 0.717) is 12.0 Å². The van der Waals surface area contributed by atoms with Gasteiger partial charge in [-0.2, -0.15) is 0 Å². The number of unbranched alkanes of at least 4 members (excludes halogenated alkanes) is 4. The predicted molar refractivity (Wildman–Crippen MR) is 150 cm³/mol. The molecule has 0 heterocycles. The van der Waals surface area contributed by atoms with Crippen molar-refractivity contribution < 1.29 is 23.9 Å². The maximum absolute atomic E-state index is 12.6. The number of rotatable bonds is 16. The van der Waals surface area contributed by atoms with E-state index in [0.717, 1.165) is 51.4 Å². The Morgan fingerprint density at radius 3 is 1.68 bits per heavy atom. The van der Waals surface area contributed by atoms with Gasteiger partial charge in [-0.05, 0) is 54.7 Å². The summed E-state index contributed by atoms with van der Waals surface area (Å²) in [7, 11) is 0. The van der Waals surface area contributed by atoms with Crippen molar-refractivity contribution in [3.63, 3.8) is 0 Å². The van der Waals surface area contributed by atoms with Gasteiger partial charge in [-0.25, -0.2) is 0 Å². The fourth-order valence-corrected chi connectivity index (χ4v) is 3.79. The molecule has 1 aromatic carbocycles. The van der Waals surface area contributed by atoms with Gasteiger partial charge >= 0.3 is 11.9 Å². The molecule has 0 aromatic heterocycles. The normalized spacial score (nSPS) is 12.0. The smallest absolute Gasteiger partial charge is 0.311 e. The lowest BCUT2D eigenvalue weighted by atomic mass is 9.89. The van der Waals surface area contributed by atoms with Gasteiger partial charge in [-0.1, -0.05) is 81.1 Å². The summed E-state index contributed by atoms with van der Waals surface area (Å²) in [5, 5.41) is 3.10. The Morgan fingerprint density at radius 2 is 1.22 bits per heavy atom. The second-order valence-electron chi connectivity index (χ2n) is 12.8. The van der Waals surface area contributed by atoms with Gasteiger partial charge in [0.2, 0.25) is 0 Å². The van der Waals surface area contributed by atoms with Gasteiger partial charge < -0.3 is 14.8 Å². The molecule has 0 saturated heterocycles. The summed E-state index contributed by atoms with van der Waals surface area (Å²) in [4.78, 5) is 37.7. The highest BCUT2D eigenvalue weighted by atomic mass is 16.6. The van der Waals surface area contributed by atoms with E-state index in [4.69, 9.17) is 9.47 Å². The standard InChI is InChI=1S/C31H51NO5/c1-23(2)32-22-25(33)24-17-18-26(36-28(34)15-11-9-13-19-30(3,4)5)27(21-24)37-29(35)16-12-10-14-20-31(6,7)8/h17-18,21,23,32H,9-16,19-20,22H2,1-8H3. The van der Waals surface area contributed by atoms with Gasteiger partial charge in [0.1, 0.15) is 0 Å². The summed E-state index contributed by atoms with van der Waals surface area (Å²) in [6.07, 6.45) is 8.29. The van der Waals surface area contributed by atoms with Crippen molar-refractivity contribution in [2.24, 2.45) is 10.8 Å². The number of benzene rings is 1. The zero-order valence-electron chi connectivity index (χ0n) is 24.6. The maximum atomic E-state index is 12.6. The van der Waals surface area contributed by atoms with Crippen LogP contribution in [-0.4, -0.2) is 30.3 Å². The average Bonchev–Trinajstić information content (AvgIpc) is 2.76. The van der Waals surface area contributed by atoms with E-state index in [9.17, 15) is 14.4 Å². The van der Waals surface area contributed by atoms with Crippen LogP contribution < -0.4 is 14.8 Å². The first kappa shape index (κ1) is 32.8. The summed E-state index contributed by atoms with van der Waals surface area (Å²) in [5.74, 6) is -0.578. The van der Waals surface area contributed by atoms with E-state index in [2.05, 4.69) is 46.9 Å². The average molecular weight is 518 g/mol. The molecule has 6 heteroatoms. The lowest BCUT2D eigenvalue weighted by molar-refractivity contribution is -0.137. The highest BCUT2D eigenvalue weighted by Crippen LogP contribution is 2.30. The molecule has 0 aliphatic carbocycles. The second-order valence-corrected chi connectivity index (χ2v) is 12.8. The van der Waals surface area contributed by atoms with Crippen LogP contribution in [0.25, 0.3) is 0 Å². The topological polar surface area (TPSA) is 81.7 Å². The molecule has 0 saturated carbocycles. The fraction of sp³-hybridized carbons (Fsp3) is 0.710. The Hall–Kier alpha value is -2.21. The lowest BCUT2D eigenvalue weighted by Gasteiger charge is -2.17. The van der Waals surface area contributed by atoms with Crippen LogP contribution in [0.15, 0.2) is 18.2 Å². The molecule has 37 heavy (non-hydrogen) atoms. The van der Waals surface area contributed by atoms with Crippen LogP contribution in [0.3, 0.4) is 0 Å². The van der Waals surface area contributed by atoms with Crippen molar-refractivity contribution in [1.29, 1.82) is 0 Å². The first-order valence-corrected chi connectivity index (χ1v) is 14.0. The van der Waals surface area contributed by atoms with E-state index >= 15 is 0 Å². The van der Waals surface area contributed by atoms with Crippen molar-refractivity contribution >= 4 is 17.7 Å². The molecule has 0 aliphatic heterocycles. The molecule has 0 radical (unpaired) electrons. The van der Waals surface area contributed by atoms with E-state index in [1.54, 1.807) is 12.1 Å². The third-order valence-electron chi connectivity index (χ3n) is 6.00. The highest BCUT2D eigenvalue weighted by Gasteiger charge is 2.18. The van der Waals surface area contributed by atoms with Crippen molar-refractivity contribution in [2.75, 3.05) is 6.54 Å². The molecule has 1 rings (SSSR count). The molecular weight excluding hydrogens is 466 g/mol. The van der Waals surface area contributed by atoms with Crippen molar-refractivity contribution in [2.45, 2.75) is 126 Å². The number of ether oxygens (including phenoxy) is 2. The Labute approximate surface area is 225 Å². The molecule has 0 fully saturated rings. The molecule has 0 amide bonds. The fourth-order valence-electron chi connectivity index (χ4n) is 3.79. The van der Waals surface area contributed by atoms with Crippen LogP contribution in [0.4, 0.5) is 0 Å². The summed E-state index contributed by atoms with van der Waals surface area (Å²) < 4.78 is 11.2. The molecule has 1 aromatic rings. The number of hydrogen-bond donors (Lipinski definition) is 1. The largest absolute Gasteiger partial charge is 0.423 e. The minimum Gasteiger partial charge on any atom is -0.423 e. The molecule has 1 N–H and O–H groups in total. The van der Waals surface area contributed by atoms with E-state index < -0.39 is 0 Å². The first-order chi connectivity index (χ1) is 17.2. The molecule has 0 aliphatic rings. The van der Waals surface area contributed by atoms with E-state index in [1.165, 1.54) is 6.07 Å². The van der Waals surface area contributed by atoms with Crippen molar-refractivity contribution in [1.82, 2.24) is 5.32 Å². The minimum absolute atomic E-state index is 0.120. The molecule has 6 nitrogen and oxygen atoms in total. The van der Waals surface area contributed by atoms with Gasteiger partial charge in [-0.3, -0.25) is 14.4 Å². The maximum Gasteiger partial charge on any atom is 0.311 e. The van der Waals surface area contributed by atoms with Gasteiger partial charge in [0.15, 0.2) is 17.3 Å². The van der Waals surface area contributed by atoms with Gasteiger partial charge in [-0.15, -0.1) is 0 Å². The number of ketones is 1. The van der Waals surface area contributed by atoms with Crippen LogP contribution >= 0.6 is 0 Å². The Bertz CT molecular complexity index is 861. The van der Waals surface area contributed by atoms with Gasteiger partial charge in [0.25, 0.3) is 0 Å². The molecule has 0 unspecified atom stereocenters. The van der Waals surface area contributed by atoms with E-state index in [-0.39, 0.29) is 59.1 Å². The summed E-state index contributed by atoms with van der Waals surface area (Å²) in [6.45, 7) is 17.4. The summed E-state index contributed by atoms with van der Waals surface area (Å²) in [5.41, 5.74) is 0.974. The molecule has 0 atom stereocenters. The lowest BCUT2D eigenvalue weighted by Crippen LogP contribution is -2.29. The monoisotopic (exact) mass is 517 g/mol. The van der Waals surface area contributed by atoms with Crippen LogP contribution in [0.5, 0.6) is 11.5 Å². The zero-order chi connectivity index (χ0) is 28.1. The van der Waals surface area contributed by atoms with Crippen LogP contribution in [-0.2, 0) is 9.59 Å². The van der Waals surface area contributed by atoms with Crippen molar-refractivity contribution in [3.8, 4) is 11.5 Å². The van der Waals surface area contributed by atoms with Crippen LogP contribution in [0, 0.1) is 10.8 Å².